The minimum absolute atomic E-state index is 0.500. The average molecular weight is 144 g/mol. The maximum atomic E-state index is 8.62. The molecule has 0 fully saturated rings. The lowest BCUT2D eigenvalue weighted by Gasteiger charge is -1.92. The van der Waals surface area contributed by atoms with E-state index in [2.05, 4.69) is 9.97 Å². The van der Waals surface area contributed by atoms with Crippen LogP contribution in [0.25, 0.3) is 5.65 Å². The van der Waals surface area contributed by atoms with Gasteiger partial charge in [-0.25, -0.2) is 4.98 Å². The highest BCUT2D eigenvalue weighted by Crippen LogP contribution is 2.00. The number of imidazole rings is 1. The van der Waals surface area contributed by atoms with Gasteiger partial charge in [-0.15, -0.1) is 0 Å². The fourth-order valence-corrected chi connectivity index (χ4v) is 0.934. The second kappa shape index (κ2) is 2.06. The normalized spacial score (nSPS) is 9.73. The molecule has 0 aliphatic carbocycles. The molecule has 0 spiro atoms. The van der Waals surface area contributed by atoms with E-state index in [1.165, 1.54) is 6.20 Å². The SMILES string of the molecule is N#Cc1cncc2nccn12. The number of rotatable bonds is 0. The lowest BCUT2D eigenvalue weighted by molar-refractivity contribution is 1.09. The monoisotopic (exact) mass is 144 g/mol. The second-order valence-corrected chi connectivity index (χ2v) is 2.06. The maximum Gasteiger partial charge on any atom is 0.156 e. The van der Waals surface area contributed by atoms with Gasteiger partial charge in [-0.1, -0.05) is 0 Å². The molecule has 0 aliphatic heterocycles. The lowest BCUT2D eigenvalue weighted by Crippen LogP contribution is -1.91. The molecule has 0 atom stereocenters. The molecule has 2 heterocycles. The molecule has 2 aromatic heterocycles. The number of aromatic nitrogens is 3. The Morgan fingerprint density at radius 3 is 3.18 bits per heavy atom. The standard InChI is InChI=1S/C7H4N4/c8-3-6-4-9-5-7-10-1-2-11(6)7/h1-2,4-5H. The Morgan fingerprint density at radius 1 is 1.45 bits per heavy atom. The molecule has 11 heavy (non-hydrogen) atoms. The summed E-state index contributed by atoms with van der Waals surface area (Å²) < 4.78 is 1.69. The topological polar surface area (TPSA) is 54.0 Å². The van der Waals surface area contributed by atoms with Crippen molar-refractivity contribution in [2.45, 2.75) is 0 Å². The van der Waals surface area contributed by atoms with Crippen LogP contribution in [-0.4, -0.2) is 14.4 Å². The molecule has 4 heteroatoms. The molecule has 0 aromatic carbocycles. The van der Waals surface area contributed by atoms with Crippen LogP contribution in [-0.2, 0) is 0 Å². The van der Waals surface area contributed by atoms with Gasteiger partial charge in [0.25, 0.3) is 0 Å². The highest BCUT2D eigenvalue weighted by atomic mass is 15.0. The molecule has 0 saturated heterocycles. The van der Waals surface area contributed by atoms with Gasteiger partial charge in [-0.2, -0.15) is 5.26 Å². The lowest BCUT2D eigenvalue weighted by atomic mass is 10.5. The van der Waals surface area contributed by atoms with Crippen LogP contribution in [0, 0.1) is 11.3 Å². The van der Waals surface area contributed by atoms with Crippen molar-refractivity contribution < 1.29 is 0 Å². The van der Waals surface area contributed by atoms with E-state index in [4.69, 9.17) is 5.26 Å². The quantitative estimate of drug-likeness (QED) is 0.544. The summed E-state index contributed by atoms with van der Waals surface area (Å²) in [5, 5.41) is 8.62. The second-order valence-electron chi connectivity index (χ2n) is 2.06. The Balaban J connectivity index is 2.92. The van der Waals surface area contributed by atoms with Gasteiger partial charge in [-0.05, 0) is 0 Å². The van der Waals surface area contributed by atoms with Crippen molar-refractivity contribution in [2.75, 3.05) is 0 Å². The zero-order valence-electron chi connectivity index (χ0n) is 5.60. The zero-order chi connectivity index (χ0) is 7.68. The number of nitrogens with zero attached hydrogens (tertiary/aromatic N) is 4. The third kappa shape index (κ3) is 0.749. The van der Waals surface area contributed by atoms with E-state index in [9.17, 15) is 0 Å². The molecule has 0 unspecified atom stereocenters. The molecule has 0 bridgehead atoms. The fourth-order valence-electron chi connectivity index (χ4n) is 0.934. The van der Waals surface area contributed by atoms with Crippen LogP contribution in [0.4, 0.5) is 0 Å². The Bertz CT molecular complexity index is 423. The van der Waals surface area contributed by atoms with Crippen LogP contribution < -0.4 is 0 Å². The number of hydrogen-bond donors (Lipinski definition) is 0. The van der Waals surface area contributed by atoms with E-state index in [0.717, 1.165) is 0 Å². The largest absolute Gasteiger partial charge is 0.288 e. The van der Waals surface area contributed by atoms with Crippen molar-refractivity contribution in [2.24, 2.45) is 0 Å². The van der Waals surface area contributed by atoms with Gasteiger partial charge in [-0.3, -0.25) is 9.38 Å². The molecular weight excluding hydrogens is 140 g/mol. The van der Waals surface area contributed by atoms with Crippen molar-refractivity contribution in [1.82, 2.24) is 14.4 Å². The van der Waals surface area contributed by atoms with Crippen molar-refractivity contribution >= 4 is 5.65 Å². The zero-order valence-corrected chi connectivity index (χ0v) is 5.60. The van der Waals surface area contributed by atoms with Crippen LogP contribution in [0.3, 0.4) is 0 Å². The van der Waals surface area contributed by atoms with Crippen molar-refractivity contribution in [3.63, 3.8) is 0 Å². The van der Waals surface area contributed by atoms with Crippen LogP contribution in [0.15, 0.2) is 24.8 Å². The van der Waals surface area contributed by atoms with Gasteiger partial charge < -0.3 is 0 Å². The summed E-state index contributed by atoms with van der Waals surface area (Å²) in [5.41, 5.74) is 1.20. The predicted octanol–water partition coefficient (Wildman–Crippen LogP) is 0.601. The summed E-state index contributed by atoms with van der Waals surface area (Å²) in [7, 11) is 0. The number of nitriles is 1. The Kier molecular flexibility index (Phi) is 1.10. The molecule has 0 radical (unpaired) electrons. The highest BCUT2D eigenvalue weighted by molar-refractivity contribution is 5.39. The van der Waals surface area contributed by atoms with Crippen molar-refractivity contribution in [1.29, 1.82) is 5.26 Å². The van der Waals surface area contributed by atoms with Gasteiger partial charge in [0.1, 0.15) is 11.8 Å². The number of hydrogen-bond acceptors (Lipinski definition) is 3. The number of fused-ring (bicyclic) bond motifs is 1. The Hall–Kier alpha value is -1.89. The molecule has 0 amide bonds. The van der Waals surface area contributed by atoms with E-state index in [1.54, 1.807) is 23.0 Å². The summed E-state index contributed by atoms with van der Waals surface area (Å²) in [6.45, 7) is 0. The van der Waals surface area contributed by atoms with Crippen LogP contribution >= 0.6 is 0 Å². The highest BCUT2D eigenvalue weighted by Gasteiger charge is 1.97. The smallest absolute Gasteiger partial charge is 0.156 e. The van der Waals surface area contributed by atoms with E-state index in [-0.39, 0.29) is 0 Å². The molecule has 0 saturated carbocycles. The van der Waals surface area contributed by atoms with Crippen LogP contribution in [0.5, 0.6) is 0 Å². The summed E-state index contributed by atoms with van der Waals surface area (Å²) in [4.78, 5) is 7.83. The molecule has 0 N–H and O–H groups in total. The molecule has 2 aromatic rings. The Labute approximate surface area is 62.7 Å². The van der Waals surface area contributed by atoms with Crippen molar-refractivity contribution in [3.8, 4) is 6.07 Å². The first-order valence-electron chi connectivity index (χ1n) is 3.09. The van der Waals surface area contributed by atoms with Crippen LogP contribution in [0.1, 0.15) is 5.69 Å². The molecule has 0 aliphatic rings. The maximum absolute atomic E-state index is 8.62. The summed E-state index contributed by atoms with van der Waals surface area (Å²) in [6, 6.07) is 2.02. The van der Waals surface area contributed by atoms with Gasteiger partial charge in [0.2, 0.25) is 0 Å². The molecule has 52 valence electrons. The van der Waals surface area contributed by atoms with Gasteiger partial charge >= 0.3 is 0 Å². The van der Waals surface area contributed by atoms with Gasteiger partial charge in [0.15, 0.2) is 5.65 Å². The van der Waals surface area contributed by atoms with Gasteiger partial charge in [0, 0.05) is 12.4 Å². The summed E-state index contributed by atoms with van der Waals surface area (Å²) >= 11 is 0. The minimum Gasteiger partial charge on any atom is -0.288 e. The van der Waals surface area contributed by atoms with Crippen molar-refractivity contribution in [3.05, 3.63) is 30.5 Å². The van der Waals surface area contributed by atoms with E-state index >= 15 is 0 Å². The first-order chi connectivity index (χ1) is 5.42. The first kappa shape index (κ1) is 5.86. The molecule has 2 rings (SSSR count). The fraction of sp³-hybridized carbons (Fsp3) is 0. The minimum atomic E-state index is 0.500. The Morgan fingerprint density at radius 2 is 2.36 bits per heavy atom. The van der Waals surface area contributed by atoms with Crippen LogP contribution in [0.2, 0.25) is 0 Å². The third-order valence-electron chi connectivity index (χ3n) is 1.43. The van der Waals surface area contributed by atoms with E-state index in [1.807, 2.05) is 6.07 Å². The summed E-state index contributed by atoms with van der Waals surface area (Å²) in [5.74, 6) is 0. The first-order valence-corrected chi connectivity index (χ1v) is 3.09. The van der Waals surface area contributed by atoms with E-state index in [0.29, 0.717) is 11.3 Å². The predicted molar refractivity (Wildman–Crippen MR) is 37.7 cm³/mol. The molecule has 4 nitrogen and oxygen atoms in total. The van der Waals surface area contributed by atoms with E-state index < -0.39 is 0 Å². The average Bonchev–Trinajstić information content (AvgIpc) is 2.50. The van der Waals surface area contributed by atoms with Gasteiger partial charge in [0.05, 0.1) is 12.4 Å². The molecular formula is C7H4N4. The summed E-state index contributed by atoms with van der Waals surface area (Å²) in [6.07, 6.45) is 6.49. The third-order valence-corrected chi connectivity index (χ3v) is 1.43.